The second-order valence-corrected chi connectivity index (χ2v) is 5.21. The Bertz CT molecular complexity index is 449. The minimum absolute atomic E-state index is 0.156. The van der Waals surface area contributed by atoms with E-state index in [1.165, 1.54) is 6.07 Å². The smallest absolute Gasteiger partial charge is 0.222 e. The van der Waals surface area contributed by atoms with Crippen molar-refractivity contribution in [2.45, 2.75) is 32.4 Å². The molecule has 3 N–H and O–H groups in total. The van der Waals surface area contributed by atoms with Crippen LogP contribution in [0.4, 0.5) is 4.39 Å². The quantitative estimate of drug-likeness (QED) is 0.843. The second-order valence-electron chi connectivity index (χ2n) is 5.21. The lowest BCUT2D eigenvalue weighted by atomic mass is 9.76. The molecule has 0 radical (unpaired) electrons. The van der Waals surface area contributed by atoms with Gasteiger partial charge in [-0.05, 0) is 25.3 Å². The highest BCUT2D eigenvalue weighted by molar-refractivity contribution is 5.78. The number of primary amides is 1. The first-order chi connectivity index (χ1) is 8.50. The first kappa shape index (κ1) is 13.0. The highest BCUT2D eigenvalue weighted by Crippen LogP contribution is 2.36. The third-order valence-electron chi connectivity index (χ3n) is 3.73. The van der Waals surface area contributed by atoms with Crippen molar-refractivity contribution in [2.75, 3.05) is 0 Å². The van der Waals surface area contributed by atoms with Gasteiger partial charge in [-0.2, -0.15) is 0 Å². The van der Waals surface area contributed by atoms with E-state index in [0.29, 0.717) is 5.56 Å². The Morgan fingerprint density at radius 1 is 1.39 bits per heavy atom. The van der Waals surface area contributed by atoms with Gasteiger partial charge in [0.25, 0.3) is 0 Å². The number of nitrogens with two attached hydrogens (primary N) is 1. The van der Waals surface area contributed by atoms with Crippen molar-refractivity contribution in [3.8, 4) is 0 Å². The summed E-state index contributed by atoms with van der Waals surface area (Å²) in [6.07, 6.45) is 0.874. The van der Waals surface area contributed by atoms with E-state index in [0.717, 1.165) is 6.42 Å². The Balaban J connectivity index is 2.38. The predicted molar refractivity (Wildman–Crippen MR) is 68.2 cm³/mol. The van der Waals surface area contributed by atoms with E-state index in [1.54, 1.807) is 18.2 Å². The van der Waals surface area contributed by atoms with Crippen LogP contribution < -0.4 is 11.1 Å². The number of halogens is 1. The van der Waals surface area contributed by atoms with E-state index in [1.807, 2.05) is 13.8 Å². The van der Waals surface area contributed by atoms with Gasteiger partial charge in [-0.3, -0.25) is 4.79 Å². The molecule has 0 spiro atoms. The molecule has 0 bridgehead atoms. The molecule has 1 aliphatic heterocycles. The highest BCUT2D eigenvalue weighted by atomic mass is 19.1. The molecule has 1 aliphatic rings. The average molecular weight is 250 g/mol. The van der Waals surface area contributed by atoms with Gasteiger partial charge >= 0.3 is 0 Å². The summed E-state index contributed by atoms with van der Waals surface area (Å²) in [7, 11) is 0. The van der Waals surface area contributed by atoms with Crippen molar-refractivity contribution < 1.29 is 9.18 Å². The van der Waals surface area contributed by atoms with Crippen molar-refractivity contribution in [2.24, 2.45) is 17.6 Å². The topological polar surface area (TPSA) is 55.1 Å². The molecule has 18 heavy (non-hydrogen) atoms. The van der Waals surface area contributed by atoms with Gasteiger partial charge in [0, 0.05) is 17.6 Å². The number of nitrogens with one attached hydrogen (secondary N) is 1. The van der Waals surface area contributed by atoms with Crippen LogP contribution in [0.15, 0.2) is 24.3 Å². The first-order valence-electron chi connectivity index (χ1n) is 6.30. The maximum atomic E-state index is 13.9. The lowest BCUT2D eigenvalue weighted by molar-refractivity contribution is -0.125. The second kappa shape index (κ2) is 5.06. The summed E-state index contributed by atoms with van der Waals surface area (Å²) in [6.45, 7) is 4.04. The standard InChI is InChI=1S/C14H19FN2O/c1-8-7-9(2)17-13(12(8)14(16)18)10-5-3-4-6-11(10)15/h3-6,8-9,12-13,17H,7H2,1-2H3,(H2,16,18). The molecule has 0 aromatic heterocycles. The molecular weight excluding hydrogens is 231 g/mol. The summed E-state index contributed by atoms with van der Waals surface area (Å²) >= 11 is 0. The molecule has 1 fully saturated rings. The maximum absolute atomic E-state index is 13.9. The number of carbonyl (C=O) groups excluding carboxylic acids is 1. The van der Waals surface area contributed by atoms with Crippen LogP contribution in [-0.4, -0.2) is 11.9 Å². The number of rotatable bonds is 2. The molecule has 1 saturated heterocycles. The van der Waals surface area contributed by atoms with Crippen LogP contribution in [-0.2, 0) is 4.79 Å². The summed E-state index contributed by atoms with van der Waals surface area (Å²) in [5.41, 5.74) is 6.01. The summed E-state index contributed by atoms with van der Waals surface area (Å²) in [4.78, 5) is 11.6. The van der Waals surface area contributed by atoms with Crippen LogP contribution in [0.5, 0.6) is 0 Å². The van der Waals surface area contributed by atoms with Crippen LogP contribution in [0.1, 0.15) is 31.9 Å². The van der Waals surface area contributed by atoms with Crippen LogP contribution in [0.25, 0.3) is 0 Å². The zero-order chi connectivity index (χ0) is 13.3. The third-order valence-corrected chi connectivity index (χ3v) is 3.73. The van der Waals surface area contributed by atoms with Gasteiger partial charge in [-0.1, -0.05) is 25.1 Å². The SMILES string of the molecule is CC1CC(C)C(C(N)=O)C(c2ccccc2F)N1. The lowest BCUT2D eigenvalue weighted by Crippen LogP contribution is -2.49. The third kappa shape index (κ3) is 2.38. The van der Waals surface area contributed by atoms with Crippen LogP contribution in [0.2, 0.25) is 0 Å². The average Bonchev–Trinajstić information content (AvgIpc) is 2.27. The van der Waals surface area contributed by atoms with Gasteiger partial charge in [-0.15, -0.1) is 0 Å². The molecule has 4 atom stereocenters. The van der Waals surface area contributed by atoms with Crippen LogP contribution >= 0.6 is 0 Å². The molecule has 2 rings (SSSR count). The minimum Gasteiger partial charge on any atom is -0.369 e. The van der Waals surface area contributed by atoms with E-state index in [4.69, 9.17) is 5.73 Å². The van der Waals surface area contributed by atoms with Crippen molar-refractivity contribution >= 4 is 5.91 Å². The van der Waals surface area contributed by atoms with Crippen molar-refractivity contribution in [1.29, 1.82) is 0 Å². The van der Waals surface area contributed by atoms with Crippen molar-refractivity contribution in [3.05, 3.63) is 35.6 Å². The largest absolute Gasteiger partial charge is 0.369 e. The maximum Gasteiger partial charge on any atom is 0.222 e. The number of benzene rings is 1. The van der Waals surface area contributed by atoms with Crippen molar-refractivity contribution in [1.82, 2.24) is 5.32 Å². The molecule has 98 valence electrons. The van der Waals surface area contributed by atoms with Gasteiger partial charge < -0.3 is 11.1 Å². The monoisotopic (exact) mass is 250 g/mol. The number of piperidine rings is 1. The zero-order valence-electron chi connectivity index (χ0n) is 10.7. The van der Waals surface area contributed by atoms with E-state index in [-0.39, 0.29) is 35.6 Å². The van der Waals surface area contributed by atoms with Crippen molar-refractivity contribution in [3.63, 3.8) is 0 Å². The van der Waals surface area contributed by atoms with Gasteiger partial charge in [0.15, 0.2) is 0 Å². The van der Waals surface area contributed by atoms with Crippen LogP contribution in [0, 0.1) is 17.7 Å². The summed E-state index contributed by atoms with van der Waals surface area (Å²) < 4.78 is 13.9. The summed E-state index contributed by atoms with van der Waals surface area (Å²) in [6, 6.07) is 6.48. The Morgan fingerprint density at radius 2 is 2.06 bits per heavy atom. The van der Waals surface area contributed by atoms with E-state index in [9.17, 15) is 9.18 Å². The molecule has 1 heterocycles. The molecule has 3 nitrogen and oxygen atoms in total. The van der Waals surface area contributed by atoms with Gasteiger partial charge in [0.1, 0.15) is 5.82 Å². The molecular formula is C14H19FN2O. The predicted octanol–water partition coefficient (Wildman–Crippen LogP) is 1.99. The fraction of sp³-hybridized carbons (Fsp3) is 0.500. The van der Waals surface area contributed by atoms with E-state index in [2.05, 4.69) is 5.32 Å². The highest BCUT2D eigenvalue weighted by Gasteiger charge is 2.38. The Kier molecular flexibility index (Phi) is 3.66. The molecule has 4 unspecified atom stereocenters. The number of hydrogen-bond donors (Lipinski definition) is 2. The van der Waals surface area contributed by atoms with Gasteiger partial charge in [0.05, 0.1) is 5.92 Å². The minimum atomic E-state index is -0.366. The lowest BCUT2D eigenvalue weighted by Gasteiger charge is -2.39. The molecule has 0 saturated carbocycles. The van der Waals surface area contributed by atoms with Gasteiger partial charge in [-0.25, -0.2) is 4.39 Å². The summed E-state index contributed by atoms with van der Waals surface area (Å²) in [5, 5.41) is 3.29. The molecule has 1 aromatic rings. The number of carbonyl (C=O) groups is 1. The molecule has 4 heteroatoms. The fourth-order valence-corrected chi connectivity index (χ4v) is 2.97. The Morgan fingerprint density at radius 3 is 2.67 bits per heavy atom. The molecule has 0 aliphatic carbocycles. The fourth-order valence-electron chi connectivity index (χ4n) is 2.97. The Labute approximate surface area is 107 Å². The van der Waals surface area contributed by atoms with E-state index < -0.39 is 0 Å². The number of hydrogen-bond acceptors (Lipinski definition) is 2. The van der Waals surface area contributed by atoms with E-state index >= 15 is 0 Å². The number of amides is 1. The normalized spacial score (nSPS) is 32.2. The van der Waals surface area contributed by atoms with Gasteiger partial charge in [0.2, 0.25) is 5.91 Å². The zero-order valence-corrected chi connectivity index (χ0v) is 10.7. The first-order valence-corrected chi connectivity index (χ1v) is 6.30. The molecule has 1 aromatic carbocycles. The molecule has 1 amide bonds. The summed E-state index contributed by atoms with van der Waals surface area (Å²) in [5.74, 6) is -0.862. The van der Waals surface area contributed by atoms with Crippen LogP contribution in [0.3, 0.4) is 0 Å². The Hall–Kier alpha value is -1.42.